The Balaban J connectivity index is 1.59. The van der Waals surface area contributed by atoms with Crippen LogP contribution in [0.5, 0.6) is 0 Å². The molecule has 5 nitrogen and oxygen atoms in total. The van der Waals surface area contributed by atoms with E-state index in [2.05, 4.69) is 5.32 Å². The second kappa shape index (κ2) is 9.00. The number of benzene rings is 2. The van der Waals surface area contributed by atoms with Gasteiger partial charge in [0.05, 0.1) is 5.92 Å². The van der Waals surface area contributed by atoms with Gasteiger partial charge in [-0.3, -0.25) is 9.59 Å². The van der Waals surface area contributed by atoms with Crippen LogP contribution in [0, 0.1) is 17.8 Å². The summed E-state index contributed by atoms with van der Waals surface area (Å²) >= 11 is 0. The van der Waals surface area contributed by atoms with Gasteiger partial charge in [0.15, 0.2) is 0 Å². The quantitative estimate of drug-likeness (QED) is 0.785. The Morgan fingerprint density at radius 2 is 1.85 bits per heavy atom. The summed E-state index contributed by atoms with van der Waals surface area (Å²) in [6.07, 6.45) is 2.16. The Kier molecular flexibility index (Phi) is 6.45. The molecule has 2 atom stereocenters. The highest BCUT2D eigenvalue weighted by Crippen LogP contribution is 2.24. The van der Waals surface area contributed by atoms with Crippen LogP contribution in [0.15, 0.2) is 42.5 Å². The lowest BCUT2D eigenvalue weighted by molar-refractivity contribution is -0.141. The first-order chi connectivity index (χ1) is 13.0. The van der Waals surface area contributed by atoms with Gasteiger partial charge in [-0.1, -0.05) is 49.4 Å². The lowest BCUT2D eigenvalue weighted by Crippen LogP contribution is -2.40. The minimum Gasteiger partial charge on any atom is -0.481 e. The van der Waals surface area contributed by atoms with Gasteiger partial charge in [-0.2, -0.15) is 0 Å². The van der Waals surface area contributed by atoms with Crippen LogP contribution in [0.25, 0.3) is 10.8 Å². The molecule has 1 amide bonds. The average Bonchev–Trinajstić information content (AvgIpc) is 2.70. The second-order valence-electron chi connectivity index (χ2n) is 7.40. The highest BCUT2D eigenvalue weighted by atomic mass is 16.5. The fourth-order valence-electron chi connectivity index (χ4n) is 3.71. The number of fused-ring (bicyclic) bond motifs is 1. The number of aliphatic carboxylic acids is 1. The molecule has 0 spiro atoms. The summed E-state index contributed by atoms with van der Waals surface area (Å²) in [6.45, 7) is 3.46. The van der Waals surface area contributed by atoms with E-state index in [1.807, 2.05) is 49.4 Å². The average molecular weight is 369 g/mol. The zero-order valence-corrected chi connectivity index (χ0v) is 15.7. The molecule has 0 aromatic heterocycles. The Bertz CT molecular complexity index is 798. The fraction of sp³-hybridized carbons (Fsp3) is 0.455. The summed E-state index contributed by atoms with van der Waals surface area (Å²) in [5.74, 6) is -1.41. The lowest BCUT2D eigenvalue weighted by atomic mass is 9.86. The van der Waals surface area contributed by atoms with Crippen molar-refractivity contribution in [1.82, 2.24) is 5.32 Å². The van der Waals surface area contributed by atoms with Gasteiger partial charge < -0.3 is 15.2 Å². The summed E-state index contributed by atoms with van der Waals surface area (Å²) in [4.78, 5) is 24.1. The Labute approximate surface area is 159 Å². The molecular weight excluding hydrogens is 342 g/mol. The smallest absolute Gasteiger partial charge is 0.308 e. The van der Waals surface area contributed by atoms with Gasteiger partial charge in [0.25, 0.3) is 0 Å². The Morgan fingerprint density at radius 3 is 2.56 bits per heavy atom. The molecule has 144 valence electrons. The molecule has 2 aromatic rings. The van der Waals surface area contributed by atoms with E-state index in [0.29, 0.717) is 25.6 Å². The van der Waals surface area contributed by atoms with E-state index in [1.165, 1.54) is 0 Å². The molecule has 0 radical (unpaired) electrons. The molecule has 0 bridgehead atoms. The van der Waals surface area contributed by atoms with Crippen LogP contribution >= 0.6 is 0 Å². The molecule has 1 fully saturated rings. The second-order valence-corrected chi connectivity index (χ2v) is 7.40. The number of hydrogen-bond donors (Lipinski definition) is 2. The van der Waals surface area contributed by atoms with E-state index in [-0.39, 0.29) is 18.4 Å². The van der Waals surface area contributed by atoms with E-state index < -0.39 is 11.9 Å². The predicted molar refractivity (Wildman–Crippen MR) is 104 cm³/mol. The Morgan fingerprint density at radius 1 is 1.15 bits per heavy atom. The summed E-state index contributed by atoms with van der Waals surface area (Å²) in [6, 6.07) is 14.0. The molecule has 5 heteroatoms. The van der Waals surface area contributed by atoms with Gasteiger partial charge in [0.1, 0.15) is 0 Å². The summed E-state index contributed by atoms with van der Waals surface area (Å²) in [5, 5.41) is 14.7. The first-order valence-corrected chi connectivity index (χ1v) is 9.60. The highest BCUT2D eigenvalue weighted by Gasteiger charge is 2.27. The molecule has 0 saturated carbocycles. The normalized spacial score (nSPS) is 17.4. The molecule has 27 heavy (non-hydrogen) atoms. The van der Waals surface area contributed by atoms with Gasteiger partial charge in [0, 0.05) is 25.7 Å². The van der Waals surface area contributed by atoms with Crippen LogP contribution in [-0.2, 0) is 20.7 Å². The number of carboxylic acid groups (broad SMARTS) is 1. The van der Waals surface area contributed by atoms with E-state index >= 15 is 0 Å². The predicted octanol–water partition coefficient (Wildman–Crippen LogP) is 3.26. The molecule has 2 unspecified atom stereocenters. The first kappa shape index (κ1) is 19.4. The van der Waals surface area contributed by atoms with Crippen LogP contribution < -0.4 is 5.32 Å². The van der Waals surface area contributed by atoms with Crippen LogP contribution in [0.4, 0.5) is 0 Å². The van der Waals surface area contributed by atoms with E-state index in [4.69, 9.17) is 4.74 Å². The number of carboxylic acids is 1. The standard InChI is InChI=1S/C22H27NO4/c1-15(17-8-10-27-11-9-17)21(24)23-14-20(22(25)26)13-16-6-7-18-4-2-3-5-19(18)12-16/h2-7,12,15,17,20H,8-11,13-14H2,1H3,(H,23,24)(H,25,26). The molecule has 1 aliphatic rings. The SMILES string of the molecule is CC(C(=O)NCC(Cc1ccc2ccccc2c1)C(=O)O)C1CCOCC1. The number of carbonyl (C=O) groups excluding carboxylic acids is 1. The third-order valence-corrected chi connectivity index (χ3v) is 5.55. The van der Waals surface area contributed by atoms with Crippen molar-refractivity contribution in [2.24, 2.45) is 17.8 Å². The maximum Gasteiger partial charge on any atom is 0.308 e. The summed E-state index contributed by atoms with van der Waals surface area (Å²) in [5.41, 5.74) is 0.966. The zero-order valence-electron chi connectivity index (χ0n) is 15.7. The largest absolute Gasteiger partial charge is 0.481 e. The van der Waals surface area contributed by atoms with Crippen molar-refractivity contribution in [2.45, 2.75) is 26.2 Å². The van der Waals surface area contributed by atoms with Gasteiger partial charge in [0.2, 0.25) is 5.91 Å². The first-order valence-electron chi connectivity index (χ1n) is 9.60. The summed E-state index contributed by atoms with van der Waals surface area (Å²) < 4.78 is 5.35. The van der Waals surface area contributed by atoms with E-state index in [9.17, 15) is 14.7 Å². The maximum absolute atomic E-state index is 12.5. The monoisotopic (exact) mass is 369 g/mol. The molecule has 2 aromatic carbocycles. The van der Waals surface area contributed by atoms with E-state index in [1.54, 1.807) is 0 Å². The maximum atomic E-state index is 12.5. The fourth-order valence-corrected chi connectivity index (χ4v) is 3.71. The van der Waals surface area contributed by atoms with Crippen molar-refractivity contribution < 1.29 is 19.4 Å². The number of rotatable bonds is 7. The van der Waals surface area contributed by atoms with Crippen LogP contribution in [-0.4, -0.2) is 36.7 Å². The molecule has 2 N–H and O–H groups in total. The minimum atomic E-state index is -0.887. The van der Waals surface area contributed by atoms with Crippen molar-refractivity contribution in [3.63, 3.8) is 0 Å². The van der Waals surface area contributed by atoms with Crippen molar-refractivity contribution >= 4 is 22.6 Å². The summed E-state index contributed by atoms with van der Waals surface area (Å²) in [7, 11) is 0. The van der Waals surface area contributed by atoms with Crippen LogP contribution in [0.2, 0.25) is 0 Å². The van der Waals surface area contributed by atoms with Gasteiger partial charge in [-0.15, -0.1) is 0 Å². The molecule has 1 saturated heterocycles. The number of carbonyl (C=O) groups is 2. The van der Waals surface area contributed by atoms with Crippen molar-refractivity contribution in [3.05, 3.63) is 48.0 Å². The number of nitrogens with one attached hydrogen (secondary N) is 1. The van der Waals surface area contributed by atoms with Crippen LogP contribution in [0.3, 0.4) is 0 Å². The topological polar surface area (TPSA) is 75.6 Å². The minimum absolute atomic E-state index is 0.0633. The highest BCUT2D eigenvalue weighted by molar-refractivity contribution is 5.83. The third kappa shape index (κ3) is 5.07. The number of ether oxygens (including phenoxy) is 1. The van der Waals surface area contributed by atoms with Crippen LogP contribution in [0.1, 0.15) is 25.3 Å². The molecule has 3 rings (SSSR count). The van der Waals surface area contributed by atoms with Crippen molar-refractivity contribution in [1.29, 1.82) is 0 Å². The molecule has 1 aliphatic heterocycles. The molecule has 0 aliphatic carbocycles. The molecule has 1 heterocycles. The Hall–Kier alpha value is -2.40. The van der Waals surface area contributed by atoms with Gasteiger partial charge in [-0.25, -0.2) is 0 Å². The van der Waals surface area contributed by atoms with Crippen molar-refractivity contribution in [3.8, 4) is 0 Å². The lowest BCUT2D eigenvalue weighted by Gasteiger charge is -2.27. The van der Waals surface area contributed by atoms with Crippen molar-refractivity contribution in [2.75, 3.05) is 19.8 Å². The zero-order chi connectivity index (χ0) is 19.2. The third-order valence-electron chi connectivity index (χ3n) is 5.55. The van der Waals surface area contributed by atoms with E-state index in [0.717, 1.165) is 29.2 Å². The van der Waals surface area contributed by atoms with Gasteiger partial charge >= 0.3 is 5.97 Å². The van der Waals surface area contributed by atoms with Gasteiger partial charge in [-0.05, 0) is 41.5 Å². The number of hydrogen-bond acceptors (Lipinski definition) is 3. The number of amides is 1. The molecular formula is C22H27NO4.